The van der Waals surface area contributed by atoms with Gasteiger partial charge in [-0.1, -0.05) is 141 Å². The van der Waals surface area contributed by atoms with E-state index in [9.17, 15) is 19.0 Å². The number of carbonyl (C=O) groups excluding carboxylic acids is 2. The SMILES string of the molecule is CCCCCCCC/C=C\CCCCCCCC(=O)OC[C@H](COP(=O)(O)OCCO)OC(=O)CCCCCCC/C=C\CCCCCCCC.[Na]. The normalized spacial score (nSPS) is 13.3. The summed E-state index contributed by atoms with van der Waals surface area (Å²) in [6.07, 6.45) is 38.9. The average molecular weight is 768 g/mol. The third-order valence-corrected chi connectivity index (χ3v) is 9.77. The number of aliphatic hydroxyl groups is 1. The molecule has 2 N–H and O–H groups in total. The third-order valence-electron chi connectivity index (χ3n) is 8.78. The van der Waals surface area contributed by atoms with Gasteiger partial charge in [-0.05, 0) is 64.2 Å². The summed E-state index contributed by atoms with van der Waals surface area (Å²) in [5.41, 5.74) is 0. The van der Waals surface area contributed by atoms with Crippen LogP contribution < -0.4 is 0 Å². The van der Waals surface area contributed by atoms with Crippen LogP contribution in [0, 0.1) is 0 Å². The maximum absolute atomic E-state index is 12.5. The van der Waals surface area contributed by atoms with Crippen LogP contribution in [-0.2, 0) is 32.7 Å². The Balaban J connectivity index is 0. The first-order chi connectivity index (χ1) is 24.8. The van der Waals surface area contributed by atoms with E-state index in [-0.39, 0.29) is 55.6 Å². The second kappa shape index (κ2) is 41.6. The molecule has 0 bridgehead atoms. The maximum atomic E-state index is 12.5. The Morgan fingerprint density at radius 1 is 0.558 bits per heavy atom. The molecular formula is C41H77NaO9P. The van der Waals surface area contributed by atoms with E-state index >= 15 is 0 Å². The predicted octanol–water partition coefficient (Wildman–Crippen LogP) is 11.3. The fourth-order valence-corrected chi connectivity index (χ4v) is 6.41. The third kappa shape index (κ3) is 40.7. The molecule has 0 aliphatic carbocycles. The molecular weight excluding hydrogens is 690 g/mol. The van der Waals surface area contributed by atoms with Crippen molar-refractivity contribution in [2.24, 2.45) is 0 Å². The maximum Gasteiger partial charge on any atom is 0.472 e. The van der Waals surface area contributed by atoms with Crippen LogP contribution in [0.3, 0.4) is 0 Å². The number of unbranched alkanes of at least 4 members (excludes halogenated alkanes) is 22. The molecule has 0 rings (SSSR count). The zero-order chi connectivity index (χ0) is 37.5. The Morgan fingerprint density at radius 3 is 1.37 bits per heavy atom. The Labute approximate surface area is 340 Å². The van der Waals surface area contributed by atoms with Gasteiger partial charge in [-0.2, -0.15) is 0 Å². The first kappa shape index (κ1) is 53.6. The van der Waals surface area contributed by atoms with Crippen LogP contribution in [0.2, 0.25) is 0 Å². The van der Waals surface area contributed by atoms with Crippen LogP contribution in [0.25, 0.3) is 0 Å². The summed E-state index contributed by atoms with van der Waals surface area (Å²) in [7, 11) is -4.45. The van der Waals surface area contributed by atoms with E-state index in [4.69, 9.17) is 19.1 Å². The van der Waals surface area contributed by atoms with Gasteiger partial charge in [0.1, 0.15) is 6.61 Å². The standard InChI is InChI=1S/C41H77O9P.Na/c1-3-5-7-9-11-13-15-17-19-21-23-25-27-29-31-33-40(43)47-37-39(38-49-51(45,46)48-36-35-42)50-41(44)34-32-30-28-26-24-22-20-18-16-14-12-10-8-6-4-2;/h17-20,39,42H,3-16,21-38H2,1-2H3,(H,45,46);/b19-17-,20-18-;/t39-;/m1./s1. The minimum atomic E-state index is -4.45. The van der Waals surface area contributed by atoms with Crippen molar-refractivity contribution >= 4 is 49.3 Å². The number of esters is 2. The van der Waals surface area contributed by atoms with Crippen molar-refractivity contribution in [2.75, 3.05) is 26.4 Å². The largest absolute Gasteiger partial charge is 0.472 e. The molecule has 0 aromatic carbocycles. The Bertz CT molecular complexity index is 899. The summed E-state index contributed by atoms with van der Waals surface area (Å²) in [4.78, 5) is 34.7. The number of hydrogen-bond acceptors (Lipinski definition) is 8. The van der Waals surface area contributed by atoms with Gasteiger partial charge in [0.15, 0.2) is 6.10 Å². The molecule has 301 valence electrons. The second-order valence-corrected chi connectivity index (χ2v) is 15.2. The molecule has 52 heavy (non-hydrogen) atoms. The summed E-state index contributed by atoms with van der Waals surface area (Å²) in [6.45, 7) is 2.91. The Kier molecular flexibility index (Phi) is 42.9. The first-order valence-corrected chi connectivity index (χ1v) is 22.2. The fraction of sp³-hybridized carbons (Fsp3) is 0.854. The molecule has 0 aromatic rings. The summed E-state index contributed by atoms with van der Waals surface area (Å²) in [5.74, 6) is -0.881. The molecule has 0 fully saturated rings. The Hall–Kier alpha value is -0.510. The van der Waals surface area contributed by atoms with Crippen LogP contribution in [-0.4, -0.2) is 84.0 Å². The zero-order valence-electron chi connectivity index (χ0n) is 33.7. The number of phosphoric acid groups is 1. The van der Waals surface area contributed by atoms with E-state index in [0.29, 0.717) is 12.8 Å². The summed E-state index contributed by atoms with van der Waals surface area (Å²) < 4.78 is 32.4. The molecule has 1 unspecified atom stereocenters. The summed E-state index contributed by atoms with van der Waals surface area (Å²) >= 11 is 0. The van der Waals surface area contributed by atoms with E-state index in [2.05, 4.69) is 42.7 Å². The molecule has 0 aliphatic heterocycles. The van der Waals surface area contributed by atoms with Gasteiger partial charge in [0.25, 0.3) is 0 Å². The van der Waals surface area contributed by atoms with Gasteiger partial charge in [-0.15, -0.1) is 0 Å². The van der Waals surface area contributed by atoms with E-state index in [1.54, 1.807) is 0 Å². The molecule has 0 aliphatic rings. The number of aliphatic hydroxyl groups excluding tert-OH is 1. The smallest absolute Gasteiger partial charge is 0.462 e. The molecule has 0 saturated heterocycles. The molecule has 0 aromatic heterocycles. The molecule has 2 atom stereocenters. The Morgan fingerprint density at radius 2 is 0.942 bits per heavy atom. The van der Waals surface area contributed by atoms with Crippen LogP contribution >= 0.6 is 7.82 Å². The van der Waals surface area contributed by atoms with Crippen molar-refractivity contribution < 1.29 is 42.7 Å². The quantitative estimate of drug-likeness (QED) is 0.0206. The molecule has 11 heteroatoms. The van der Waals surface area contributed by atoms with E-state index in [1.807, 2.05) is 0 Å². The van der Waals surface area contributed by atoms with Crippen molar-refractivity contribution in [3.05, 3.63) is 24.3 Å². The molecule has 0 heterocycles. The van der Waals surface area contributed by atoms with Crippen LogP contribution in [0.15, 0.2) is 24.3 Å². The van der Waals surface area contributed by atoms with Gasteiger partial charge in [-0.3, -0.25) is 18.6 Å². The van der Waals surface area contributed by atoms with Crippen molar-refractivity contribution in [2.45, 2.75) is 200 Å². The van der Waals surface area contributed by atoms with Gasteiger partial charge >= 0.3 is 19.8 Å². The van der Waals surface area contributed by atoms with Crippen molar-refractivity contribution in [1.82, 2.24) is 0 Å². The van der Waals surface area contributed by atoms with Gasteiger partial charge in [0.05, 0.1) is 19.8 Å². The van der Waals surface area contributed by atoms with Crippen LogP contribution in [0.5, 0.6) is 0 Å². The van der Waals surface area contributed by atoms with Gasteiger partial charge in [0, 0.05) is 42.4 Å². The predicted molar refractivity (Wildman–Crippen MR) is 214 cm³/mol. The summed E-state index contributed by atoms with van der Waals surface area (Å²) in [5, 5.41) is 8.86. The van der Waals surface area contributed by atoms with Crippen molar-refractivity contribution in [3.8, 4) is 0 Å². The number of ether oxygens (including phenoxy) is 2. The number of carbonyl (C=O) groups is 2. The van der Waals surface area contributed by atoms with Gasteiger partial charge < -0.3 is 19.5 Å². The molecule has 0 amide bonds. The van der Waals surface area contributed by atoms with Gasteiger partial charge in [-0.25, -0.2) is 4.57 Å². The van der Waals surface area contributed by atoms with E-state index in [1.165, 1.54) is 89.9 Å². The van der Waals surface area contributed by atoms with Crippen LogP contribution in [0.1, 0.15) is 194 Å². The fourth-order valence-electron chi connectivity index (χ4n) is 5.67. The molecule has 0 saturated carbocycles. The average Bonchev–Trinajstić information content (AvgIpc) is 3.11. The van der Waals surface area contributed by atoms with Crippen molar-refractivity contribution in [1.29, 1.82) is 0 Å². The molecule has 1 radical (unpaired) electrons. The molecule has 9 nitrogen and oxygen atoms in total. The van der Waals surface area contributed by atoms with Crippen molar-refractivity contribution in [3.63, 3.8) is 0 Å². The first-order valence-electron chi connectivity index (χ1n) is 20.7. The number of rotatable bonds is 39. The number of phosphoric ester groups is 1. The second-order valence-electron chi connectivity index (χ2n) is 13.8. The monoisotopic (exact) mass is 768 g/mol. The summed E-state index contributed by atoms with van der Waals surface area (Å²) in [6, 6.07) is 0. The van der Waals surface area contributed by atoms with E-state index < -0.39 is 39.1 Å². The minimum absolute atomic E-state index is 0. The van der Waals surface area contributed by atoms with Crippen LogP contribution in [0.4, 0.5) is 0 Å². The van der Waals surface area contributed by atoms with E-state index in [0.717, 1.165) is 64.2 Å². The number of hydrogen-bond donors (Lipinski definition) is 2. The molecule has 0 spiro atoms. The van der Waals surface area contributed by atoms with Gasteiger partial charge in [0.2, 0.25) is 0 Å². The number of allylic oxidation sites excluding steroid dienone is 4. The zero-order valence-corrected chi connectivity index (χ0v) is 36.6. The minimum Gasteiger partial charge on any atom is -0.462 e. The topological polar surface area (TPSA) is 129 Å².